The van der Waals surface area contributed by atoms with E-state index in [0.29, 0.717) is 35.9 Å². The summed E-state index contributed by atoms with van der Waals surface area (Å²) in [6.45, 7) is 1.57. The molecule has 0 radical (unpaired) electrons. The Morgan fingerprint density at radius 2 is 1.92 bits per heavy atom. The molecule has 4 aromatic rings. The average Bonchev–Trinajstić information content (AvgIpc) is 3.28. The largest absolute Gasteiger partial charge is 0.494 e. The standard InChI is InChI=1S/C25H26FN7O3/c1-2-35-19-13-18(14-20(15-19)36-11-9-26)21(12-16-5-7-17(8-6-16)23(27)28)24-30-25(34)33(32-24)22-4-3-10-29-31-22/h3-8,10,13-15,21H,2,9,11-12H2,1H3,(H3,27,28)(H,30,32,34). The maximum atomic E-state index is 12.8. The zero-order valence-corrected chi connectivity index (χ0v) is 19.6. The molecule has 2 aromatic heterocycles. The number of aromatic nitrogens is 5. The van der Waals surface area contributed by atoms with Gasteiger partial charge in [-0.15, -0.1) is 10.2 Å². The second kappa shape index (κ2) is 11.3. The maximum Gasteiger partial charge on any atom is 0.349 e. The number of rotatable bonds is 11. The van der Waals surface area contributed by atoms with Crippen LogP contribution in [0.25, 0.3) is 5.82 Å². The van der Waals surface area contributed by atoms with Gasteiger partial charge in [0, 0.05) is 23.7 Å². The molecule has 4 rings (SSSR count). The van der Waals surface area contributed by atoms with Crippen molar-refractivity contribution in [1.82, 2.24) is 25.0 Å². The maximum absolute atomic E-state index is 12.8. The minimum Gasteiger partial charge on any atom is -0.494 e. The summed E-state index contributed by atoms with van der Waals surface area (Å²) >= 11 is 0. The lowest BCUT2D eigenvalue weighted by molar-refractivity contribution is 0.270. The summed E-state index contributed by atoms with van der Waals surface area (Å²) in [5, 5.41) is 19.9. The number of nitrogens with two attached hydrogens (primary N) is 1. The summed E-state index contributed by atoms with van der Waals surface area (Å²) in [6, 6.07) is 15.9. The molecule has 36 heavy (non-hydrogen) atoms. The molecule has 0 aliphatic carbocycles. The number of amidine groups is 1. The van der Waals surface area contributed by atoms with Crippen LogP contribution in [0.2, 0.25) is 0 Å². The Bertz CT molecular complexity index is 1370. The van der Waals surface area contributed by atoms with E-state index in [0.717, 1.165) is 15.8 Å². The van der Waals surface area contributed by atoms with E-state index < -0.39 is 18.3 Å². The van der Waals surface area contributed by atoms with E-state index in [1.807, 2.05) is 25.1 Å². The molecule has 1 atom stereocenters. The summed E-state index contributed by atoms with van der Waals surface area (Å²) in [6.07, 6.45) is 1.96. The van der Waals surface area contributed by atoms with Crippen molar-refractivity contribution in [3.05, 3.63) is 93.8 Å². The van der Waals surface area contributed by atoms with E-state index in [4.69, 9.17) is 20.6 Å². The fraction of sp³-hybridized carbons (Fsp3) is 0.240. The van der Waals surface area contributed by atoms with Gasteiger partial charge in [0.1, 0.15) is 36.4 Å². The summed E-state index contributed by atoms with van der Waals surface area (Å²) in [5.74, 6) is 1.23. The van der Waals surface area contributed by atoms with Crippen LogP contribution in [0.15, 0.2) is 65.6 Å². The van der Waals surface area contributed by atoms with E-state index in [-0.39, 0.29) is 18.3 Å². The Kier molecular flexibility index (Phi) is 7.69. The molecule has 0 aliphatic rings. The van der Waals surface area contributed by atoms with Crippen molar-refractivity contribution in [3.63, 3.8) is 0 Å². The van der Waals surface area contributed by atoms with Crippen molar-refractivity contribution >= 4 is 5.84 Å². The van der Waals surface area contributed by atoms with Crippen LogP contribution in [-0.2, 0) is 6.42 Å². The lowest BCUT2D eigenvalue weighted by Crippen LogP contribution is -2.17. The number of nitrogens with one attached hydrogen (secondary N) is 2. The first-order valence-corrected chi connectivity index (χ1v) is 11.4. The number of nitrogen functional groups attached to an aromatic ring is 1. The van der Waals surface area contributed by atoms with Gasteiger partial charge in [0.2, 0.25) is 0 Å². The third kappa shape index (κ3) is 5.74. The Hall–Kier alpha value is -4.54. The van der Waals surface area contributed by atoms with Gasteiger partial charge in [-0.3, -0.25) is 10.4 Å². The zero-order valence-electron chi connectivity index (χ0n) is 19.6. The number of alkyl halides is 1. The first-order valence-electron chi connectivity index (χ1n) is 11.4. The highest BCUT2D eigenvalue weighted by molar-refractivity contribution is 5.94. The number of aromatic amines is 1. The van der Waals surface area contributed by atoms with Gasteiger partial charge < -0.3 is 15.2 Å². The third-order valence-electron chi connectivity index (χ3n) is 5.41. The van der Waals surface area contributed by atoms with Crippen molar-refractivity contribution in [2.75, 3.05) is 19.9 Å². The van der Waals surface area contributed by atoms with Crippen LogP contribution < -0.4 is 20.9 Å². The molecule has 11 heteroatoms. The third-order valence-corrected chi connectivity index (χ3v) is 5.41. The molecule has 4 N–H and O–H groups in total. The van der Waals surface area contributed by atoms with Gasteiger partial charge in [-0.1, -0.05) is 24.3 Å². The second-order valence-corrected chi connectivity index (χ2v) is 7.88. The smallest absolute Gasteiger partial charge is 0.349 e. The summed E-state index contributed by atoms with van der Waals surface area (Å²) < 4.78 is 25.2. The average molecular weight is 492 g/mol. The lowest BCUT2D eigenvalue weighted by Gasteiger charge is -2.18. The molecule has 2 aromatic carbocycles. The van der Waals surface area contributed by atoms with Crippen molar-refractivity contribution in [2.24, 2.45) is 5.73 Å². The molecule has 0 fully saturated rings. The molecule has 1 unspecified atom stereocenters. The molecule has 10 nitrogen and oxygen atoms in total. The molecule has 0 saturated heterocycles. The number of hydrogen-bond donors (Lipinski definition) is 3. The number of halogens is 1. The van der Waals surface area contributed by atoms with Crippen LogP contribution in [-0.4, -0.2) is 50.7 Å². The van der Waals surface area contributed by atoms with Gasteiger partial charge in [0.05, 0.1) is 6.61 Å². The fourth-order valence-corrected chi connectivity index (χ4v) is 3.77. The molecule has 2 heterocycles. The topological polar surface area (TPSA) is 145 Å². The minimum absolute atomic E-state index is 0.0239. The molecule has 186 valence electrons. The number of nitrogens with zero attached hydrogens (tertiary/aromatic N) is 4. The van der Waals surface area contributed by atoms with Gasteiger partial charge in [0.25, 0.3) is 0 Å². The van der Waals surface area contributed by atoms with E-state index in [9.17, 15) is 9.18 Å². The Morgan fingerprint density at radius 1 is 1.17 bits per heavy atom. The fourth-order valence-electron chi connectivity index (χ4n) is 3.77. The Labute approximate surface area is 206 Å². The molecule has 0 spiro atoms. The highest BCUT2D eigenvalue weighted by Gasteiger charge is 2.23. The summed E-state index contributed by atoms with van der Waals surface area (Å²) in [5.41, 5.74) is 7.41. The van der Waals surface area contributed by atoms with Crippen LogP contribution in [0, 0.1) is 5.41 Å². The highest BCUT2D eigenvalue weighted by Crippen LogP contribution is 2.33. The van der Waals surface area contributed by atoms with E-state index in [1.165, 1.54) is 6.20 Å². The monoisotopic (exact) mass is 491 g/mol. The Balaban J connectivity index is 1.79. The number of hydrogen-bond acceptors (Lipinski definition) is 7. The van der Waals surface area contributed by atoms with Crippen molar-refractivity contribution < 1.29 is 13.9 Å². The van der Waals surface area contributed by atoms with E-state index >= 15 is 0 Å². The van der Waals surface area contributed by atoms with Crippen molar-refractivity contribution in [1.29, 1.82) is 5.41 Å². The highest BCUT2D eigenvalue weighted by atomic mass is 19.1. The van der Waals surface area contributed by atoms with Crippen LogP contribution in [0.3, 0.4) is 0 Å². The lowest BCUT2D eigenvalue weighted by atomic mass is 9.90. The van der Waals surface area contributed by atoms with Crippen molar-refractivity contribution in [3.8, 4) is 17.3 Å². The minimum atomic E-state index is -0.629. The predicted octanol–water partition coefficient (Wildman–Crippen LogP) is 2.76. The second-order valence-electron chi connectivity index (χ2n) is 7.88. The van der Waals surface area contributed by atoms with Crippen LogP contribution in [0.1, 0.15) is 35.4 Å². The molecular formula is C25H26FN7O3. The summed E-state index contributed by atoms with van der Waals surface area (Å²) in [4.78, 5) is 15.6. The number of benzene rings is 2. The first-order chi connectivity index (χ1) is 17.5. The molecule has 0 aliphatic heterocycles. The van der Waals surface area contributed by atoms with Crippen LogP contribution >= 0.6 is 0 Å². The zero-order chi connectivity index (χ0) is 25.5. The van der Waals surface area contributed by atoms with Gasteiger partial charge in [-0.25, -0.2) is 9.18 Å². The van der Waals surface area contributed by atoms with Crippen LogP contribution in [0.4, 0.5) is 4.39 Å². The number of ether oxygens (including phenoxy) is 2. The van der Waals surface area contributed by atoms with Gasteiger partial charge in [-0.2, -0.15) is 9.78 Å². The molecule has 0 amide bonds. The van der Waals surface area contributed by atoms with Crippen molar-refractivity contribution in [2.45, 2.75) is 19.3 Å². The van der Waals surface area contributed by atoms with Gasteiger partial charge in [0.15, 0.2) is 5.82 Å². The van der Waals surface area contributed by atoms with Crippen LogP contribution in [0.5, 0.6) is 11.5 Å². The molecule has 0 bridgehead atoms. The molecular weight excluding hydrogens is 465 g/mol. The van der Waals surface area contributed by atoms with E-state index in [1.54, 1.807) is 36.4 Å². The summed E-state index contributed by atoms with van der Waals surface area (Å²) in [7, 11) is 0. The first kappa shape index (κ1) is 24.6. The van der Waals surface area contributed by atoms with Gasteiger partial charge in [-0.05, 0) is 48.7 Å². The van der Waals surface area contributed by atoms with Gasteiger partial charge >= 0.3 is 5.69 Å². The van der Waals surface area contributed by atoms with E-state index in [2.05, 4.69) is 20.3 Å². The SMILES string of the molecule is CCOc1cc(OCCF)cc(C(Cc2ccc(C(=N)N)cc2)c2nn(-c3cccnn3)c(=O)[nH]2)c1. The molecule has 0 saturated carbocycles. The Morgan fingerprint density at radius 3 is 2.56 bits per heavy atom. The quantitative estimate of drug-likeness (QED) is 0.216. The normalized spacial score (nSPS) is 11.7. The predicted molar refractivity (Wildman–Crippen MR) is 132 cm³/mol. The number of H-pyrrole nitrogens is 1.